The SMILES string of the molecule is Cn1cc(SCc2ccccc2C#CCCO)cn1. The first-order valence-corrected chi connectivity index (χ1v) is 7.07. The second-order valence-corrected chi connectivity index (χ2v) is 5.12. The Bertz CT molecular complexity index is 595. The second-order valence-electron chi connectivity index (χ2n) is 4.07. The number of thioether (sulfide) groups is 1. The van der Waals surface area contributed by atoms with E-state index < -0.39 is 0 Å². The molecule has 3 nitrogen and oxygen atoms in total. The van der Waals surface area contributed by atoms with Crippen LogP contribution in [0.1, 0.15) is 17.5 Å². The monoisotopic (exact) mass is 272 g/mol. The third-order valence-electron chi connectivity index (χ3n) is 2.55. The number of aliphatic hydroxyl groups is 1. The van der Waals surface area contributed by atoms with E-state index in [1.54, 1.807) is 16.4 Å². The van der Waals surface area contributed by atoms with Crippen LogP contribution in [0.3, 0.4) is 0 Å². The molecule has 0 radical (unpaired) electrons. The zero-order valence-electron chi connectivity index (χ0n) is 10.8. The molecule has 2 aromatic rings. The Morgan fingerprint density at radius 3 is 2.95 bits per heavy atom. The second kappa shape index (κ2) is 7.03. The summed E-state index contributed by atoms with van der Waals surface area (Å²) in [7, 11) is 1.92. The quantitative estimate of drug-likeness (QED) is 0.686. The highest BCUT2D eigenvalue weighted by Gasteiger charge is 2.02. The fraction of sp³-hybridized carbons (Fsp3) is 0.267. The number of rotatable bonds is 4. The van der Waals surface area contributed by atoms with Gasteiger partial charge in [0.25, 0.3) is 0 Å². The highest BCUT2D eigenvalue weighted by Crippen LogP contribution is 2.23. The third kappa shape index (κ3) is 4.16. The summed E-state index contributed by atoms with van der Waals surface area (Å²) in [5, 5.41) is 12.9. The fourth-order valence-electron chi connectivity index (χ4n) is 1.62. The molecule has 0 fully saturated rings. The summed E-state index contributed by atoms with van der Waals surface area (Å²) in [6.45, 7) is 0.111. The molecule has 4 heteroatoms. The normalized spacial score (nSPS) is 10.0. The van der Waals surface area contributed by atoms with Crippen LogP contribution in [0.4, 0.5) is 0 Å². The maximum Gasteiger partial charge on any atom is 0.0625 e. The predicted molar refractivity (Wildman–Crippen MR) is 77.8 cm³/mol. The number of nitrogens with zero attached hydrogens (tertiary/aromatic N) is 2. The molecule has 1 N–H and O–H groups in total. The van der Waals surface area contributed by atoms with Gasteiger partial charge in [-0.05, 0) is 11.6 Å². The third-order valence-corrected chi connectivity index (χ3v) is 3.55. The van der Waals surface area contributed by atoms with Gasteiger partial charge in [-0.3, -0.25) is 4.68 Å². The van der Waals surface area contributed by atoms with Crippen molar-refractivity contribution in [3.05, 3.63) is 47.8 Å². The average molecular weight is 272 g/mol. The molecule has 1 heterocycles. The molecule has 98 valence electrons. The van der Waals surface area contributed by atoms with Crippen molar-refractivity contribution in [1.29, 1.82) is 0 Å². The maximum atomic E-state index is 8.75. The summed E-state index contributed by atoms with van der Waals surface area (Å²) >= 11 is 1.75. The van der Waals surface area contributed by atoms with Gasteiger partial charge in [-0.2, -0.15) is 5.10 Å². The molecule has 0 aliphatic heterocycles. The van der Waals surface area contributed by atoms with Gasteiger partial charge in [0.1, 0.15) is 0 Å². The van der Waals surface area contributed by atoms with E-state index in [4.69, 9.17) is 5.11 Å². The maximum absolute atomic E-state index is 8.75. The van der Waals surface area contributed by atoms with E-state index in [0.29, 0.717) is 6.42 Å². The van der Waals surface area contributed by atoms with Crippen molar-refractivity contribution < 1.29 is 5.11 Å². The van der Waals surface area contributed by atoms with Gasteiger partial charge in [0, 0.05) is 35.9 Å². The van der Waals surface area contributed by atoms with Crippen LogP contribution >= 0.6 is 11.8 Å². The highest BCUT2D eigenvalue weighted by molar-refractivity contribution is 7.98. The Morgan fingerprint density at radius 2 is 2.21 bits per heavy atom. The lowest BCUT2D eigenvalue weighted by molar-refractivity contribution is 0.305. The molecule has 19 heavy (non-hydrogen) atoms. The summed E-state index contributed by atoms with van der Waals surface area (Å²) in [5.74, 6) is 6.95. The molecule has 1 aromatic heterocycles. The molecule has 1 aromatic carbocycles. The summed E-state index contributed by atoms with van der Waals surface area (Å²) in [6.07, 6.45) is 4.39. The fourth-order valence-corrected chi connectivity index (χ4v) is 2.54. The Kier molecular flexibility index (Phi) is 5.08. The number of aryl methyl sites for hydroxylation is 1. The van der Waals surface area contributed by atoms with E-state index in [1.165, 1.54) is 5.56 Å². The molecule has 0 amide bonds. The minimum atomic E-state index is 0.111. The topological polar surface area (TPSA) is 38.0 Å². The minimum absolute atomic E-state index is 0.111. The standard InChI is InChI=1S/C15H16N2OS/c1-17-11-15(10-16-17)19-12-14-8-3-2-6-13(14)7-4-5-9-18/h2-3,6,8,10-11,18H,5,9,12H2,1H3. The number of benzene rings is 1. The largest absolute Gasteiger partial charge is 0.395 e. The van der Waals surface area contributed by atoms with Gasteiger partial charge in [0.15, 0.2) is 0 Å². The first-order chi connectivity index (χ1) is 9.29. The van der Waals surface area contributed by atoms with Crippen molar-refractivity contribution in [3.63, 3.8) is 0 Å². The number of hydrogen-bond donors (Lipinski definition) is 1. The molecular formula is C15H16N2OS. The lowest BCUT2D eigenvalue weighted by atomic mass is 10.1. The van der Waals surface area contributed by atoms with Crippen LogP contribution < -0.4 is 0 Å². The number of aromatic nitrogens is 2. The van der Waals surface area contributed by atoms with Gasteiger partial charge < -0.3 is 5.11 Å². The van der Waals surface area contributed by atoms with Crippen molar-refractivity contribution in [2.24, 2.45) is 7.05 Å². The summed E-state index contributed by atoms with van der Waals surface area (Å²) < 4.78 is 1.80. The van der Waals surface area contributed by atoms with E-state index in [-0.39, 0.29) is 6.61 Å². The van der Waals surface area contributed by atoms with Crippen LogP contribution in [-0.4, -0.2) is 21.5 Å². The van der Waals surface area contributed by atoms with E-state index in [0.717, 1.165) is 16.2 Å². The summed E-state index contributed by atoms with van der Waals surface area (Å²) in [5.41, 5.74) is 2.24. The Labute approximate surface area is 117 Å². The minimum Gasteiger partial charge on any atom is -0.395 e. The summed E-state index contributed by atoms with van der Waals surface area (Å²) in [6, 6.07) is 8.12. The van der Waals surface area contributed by atoms with Gasteiger partial charge in [-0.15, -0.1) is 11.8 Å². The molecule has 0 aliphatic carbocycles. The molecule has 0 saturated carbocycles. The van der Waals surface area contributed by atoms with E-state index in [9.17, 15) is 0 Å². The predicted octanol–water partition coefficient (Wildman–Crippen LogP) is 2.45. The van der Waals surface area contributed by atoms with Crippen LogP contribution in [0.15, 0.2) is 41.6 Å². The van der Waals surface area contributed by atoms with Gasteiger partial charge in [0.05, 0.1) is 12.8 Å². The Hall–Kier alpha value is -1.70. The van der Waals surface area contributed by atoms with Crippen molar-refractivity contribution in [2.45, 2.75) is 17.1 Å². The number of aliphatic hydroxyl groups excluding tert-OH is 1. The van der Waals surface area contributed by atoms with Crippen LogP contribution in [0.5, 0.6) is 0 Å². The van der Waals surface area contributed by atoms with E-state index in [2.05, 4.69) is 23.0 Å². The molecule has 2 rings (SSSR count). The summed E-state index contributed by atoms with van der Waals surface area (Å²) in [4.78, 5) is 1.15. The lowest BCUT2D eigenvalue weighted by Gasteiger charge is -2.02. The molecule has 0 bridgehead atoms. The van der Waals surface area contributed by atoms with Crippen LogP contribution in [0.25, 0.3) is 0 Å². The van der Waals surface area contributed by atoms with Gasteiger partial charge in [-0.1, -0.05) is 30.0 Å². The first-order valence-electron chi connectivity index (χ1n) is 6.08. The molecule has 0 aliphatic rings. The van der Waals surface area contributed by atoms with Crippen molar-refractivity contribution in [1.82, 2.24) is 9.78 Å². The van der Waals surface area contributed by atoms with Crippen LogP contribution in [-0.2, 0) is 12.8 Å². The van der Waals surface area contributed by atoms with Gasteiger partial charge in [-0.25, -0.2) is 0 Å². The van der Waals surface area contributed by atoms with Gasteiger partial charge in [0.2, 0.25) is 0 Å². The van der Waals surface area contributed by atoms with E-state index in [1.807, 2.05) is 37.6 Å². The van der Waals surface area contributed by atoms with E-state index >= 15 is 0 Å². The zero-order chi connectivity index (χ0) is 13.5. The molecule has 0 atom stereocenters. The zero-order valence-corrected chi connectivity index (χ0v) is 11.7. The highest BCUT2D eigenvalue weighted by atomic mass is 32.2. The molecule has 0 unspecified atom stereocenters. The van der Waals surface area contributed by atoms with Crippen LogP contribution in [0.2, 0.25) is 0 Å². The van der Waals surface area contributed by atoms with Crippen molar-refractivity contribution in [3.8, 4) is 11.8 Å². The Morgan fingerprint density at radius 1 is 1.37 bits per heavy atom. The lowest BCUT2D eigenvalue weighted by Crippen LogP contribution is -1.87. The average Bonchev–Trinajstić information content (AvgIpc) is 2.84. The Balaban J connectivity index is 2.06. The smallest absolute Gasteiger partial charge is 0.0625 e. The first kappa shape index (κ1) is 13.7. The van der Waals surface area contributed by atoms with Gasteiger partial charge >= 0.3 is 0 Å². The number of hydrogen-bond acceptors (Lipinski definition) is 3. The molecular weight excluding hydrogens is 256 g/mol. The molecule has 0 spiro atoms. The van der Waals surface area contributed by atoms with Crippen LogP contribution in [0, 0.1) is 11.8 Å². The molecule has 0 saturated heterocycles. The van der Waals surface area contributed by atoms with Crippen molar-refractivity contribution >= 4 is 11.8 Å². The van der Waals surface area contributed by atoms with Crippen molar-refractivity contribution in [2.75, 3.05) is 6.61 Å².